The minimum absolute atomic E-state index is 0.0340. The van der Waals surface area contributed by atoms with Crippen LogP contribution < -0.4 is 5.32 Å². The molecule has 4 nitrogen and oxygen atoms in total. The van der Waals surface area contributed by atoms with E-state index < -0.39 is 0 Å². The summed E-state index contributed by atoms with van der Waals surface area (Å²) in [5.41, 5.74) is 0. The number of rotatable bonds is 4. The average molecular weight is 253 g/mol. The Morgan fingerprint density at radius 1 is 1.44 bits per heavy atom. The van der Waals surface area contributed by atoms with E-state index in [1.54, 1.807) is 0 Å². The van der Waals surface area contributed by atoms with Gasteiger partial charge in [0.2, 0.25) is 5.91 Å². The predicted molar refractivity (Wildman–Crippen MR) is 73.2 cm³/mol. The van der Waals surface area contributed by atoms with E-state index in [9.17, 15) is 4.79 Å². The first kappa shape index (κ1) is 13.8. The molecule has 0 bridgehead atoms. The van der Waals surface area contributed by atoms with Crippen molar-refractivity contribution in [1.29, 1.82) is 0 Å². The Balaban J connectivity index is 1.94. The van der Waals surface area contributed by atoms with E-state index in [-0.39, 0.29) is 12.2 Å². The van der Waals surface area contributed by atoms with Crippen molar-refractivity contribution in [1.82, 2.24) is 15.1 Å². The first-order valence-corrected chi connectivity index (χ1v) is 7.25. The molecule has 2 fully saturated rings. The lowest BCUT2D eigenvalue weighted by atomic mass is 10.0. The molecule has 0 spiro atoms. The van der Waals surface area contributed by atoms with Crippen LogP contribution in [-0.2, 0) is 4.79 Å². The molecule has 0 aromatic carbocycles. The quantitative estimate of drug-likeness (QED) is 0.819. The molecule has 4 heteroatoms. The molecule has 2 heterocycles. The van der Waals surface area contributed by atoms with Gasteiger partial charge in [-0.3, -0.25) is 10.1 Å². The standard InChI is InChI=1S/C14H27N3O/c1-10(2)8-13-14(18)17(11(3)15-13)9-12-6-5-7-16(12)4/h10-13,15H,5-9H2,1-4H3. The third-order valence-electron chi connectivity index (χ3n) is 4.28. The van der Waals surface area contributed by atoms with Gasteiger partial charge < -0.3 is 9.80 Å². The molecule has 104 valence electrons. The molecule has 1 amide bonds. The van der Waals surface area contributed by atoms with Gasteiger partial charge in [-0.1, -0.05) is 13.8 Å². The lowest BCUT2D eigenvalue weighted by Crippen LogP contribution is -2.43. The number of amides is 1. The molecule has 0 aliphatic carbocycles. The lowest BCUT2D eigenvalue weighted by Gasteiger charge is -2.28. The number of nitrogens with one attached hydrogen (secondary N) is 1. The first-order chi connectivity index (χ1) is 8.49. The highest BCUT2D eigenvalue weighted by Gasteiger charge is 2.38. The van der Waals surface area contributed by atoms with Crippen LogP contribution >= 0.6 is 0 Å². The van der Waals surface area contributed by atoms with Crippen molar-refractivity contribution in [3.63, 3.8) is 0 Å². The maximum atomic E-state index is 12.4. The zero-order valence-corrected chi connectivity index (χ0v) is 12.1. The maximum absolute atomic E-state index is 12.4. The fourth-order valence-corrected chi connectivity index (χ4v) is 3.17. The van der Waals surface area contributed by atoms with Gasteiger partial charge in [0.1, 0.15) is 0 Å². The minimum Gasteiger partial charge on any atom is -0.325 e. The molecule has 2 saturated heterocycles. The van der Waals surface area contributed by atoms with Crippen molar-refractivity contribution in [3.8, 4) is 0 Å². The van der Waals surface area contributed by atoms with Crippen LogP contribution in [0.2, 0.25) is 0 Å². The number of likely N-dealkylation sites (N-methyl/N-ethyl adjacent to an activating group) is 1. The van der Waals surface area contributed by atoms with Gasteiger partial charge in [-0.2, -0.15) is 0 Å². The van der Waals surface area contributed by atoms with Crippen molar-refractivity contribution in [3.05, 3.63) is 0 Å². The van der Waals surface area contributed by atoms with Crippen molar-refractivity contribution in [2.24, 2.45) is 5.92 Å². The van der Waals surface area contributed by atoms with Crippen molar-refractivity contribution < 1.29 is 4.79 Å². The number of carbonyl (C=O) groups excluding carboxylic acids is 1. The molecule has 1 N–H and O–H groups in total. The SMILES string of the molecule is CC(C)CC1NC(C)N(CC2CCCN2C)C1=O. The van der Waals surface area contributed by atoms with E-state index >= 15 is 0 Å². The van der Waals surface area contributed by atoms with Gasteiger partial charge >= 0.3 is 0 Å². The van der Waals surface area contributed by atoms with Gasteiger partial charge in [-0.05, 0) is 45.7 Å². The lowest BCUT2D eigenvalue weighted by molar-refractivity contribution is -0.130. The fourth-order valence-electron chi connectivity index (χ4n) is 3.17. The van der Waals surface area contributed by atoms with Crippen molar-refractivity contribution in [2.75, 3.05) is 20.1 Å². The number of carbonyl (C=O) groups is 1. The molecule has 0 aromatic rings. The second kappa shape index (κ2) is 5.57. The average Bonchev–Trinajstić information content (AvgIpc) is 2.78. The summed E-state index contributed by atoms with van der Waals surface area (Å²) in [4.78, 5) is 16.8. The number of nitrogens with zero attached hydrogens (tertiary/aromatic N) is 2. The second-order valence-corrected chi connectivity index (χ2v) is 6.29. The number of likely N-dealkylation sites (tertiary alicyclic amines) is 1. The van der Waals surface area contributed by atoms with Gasteiger partial charge in [-0.25, -0.2) is 0 Å². The Kier molecular flexibility index (Phi) is 4.28. The molecular weight excluding hydrogens is 226 g/mol. The first-order valence-electron chi connectivity index (χ1n) is 7.25. The molecular formula is C14H27N3O. The van der Waals surface area contributed by atoms with E-state index in [0.29, 0.717) is 17.9 Å². The largest absolute Gasteiger partial charge is 0.325 e. The van der Waals surface area contributed by atoms with E-state index in [4.69, 9.17) is 0 Å². The van der Waals surface area contributed by atoms with Gasteiger partial charge in [-0.15, -0.1) is 0 Å². The minimum atomic E-state index is 0.0340. The van der Waals surface area contributed by atoms with Crippen LogP contribution in [0.15, 0.2) is 0 Å². The zero-order valence-electron chi connectivity index (χ0n) is 12.1. The van der Waals surface area contributed by atoms with Crippen LogP contribution in [0.25, 0.3) is 0 Å². The Hall–Kier alpha value is -0.610. The smallest absolute Gasteiger partial charge is 0.241 e. The van der Waals surface area contributed by atoms with Crippen LogP contribution in [0, 0.1) is 5.92 Å². The summed E-state index contributed by atoms with van der Waals surface area (Å²) in [7, 11) is 2.17. The van der Waals surface area contributed by atoms with Gasteiger partial charge in [0.15, 0.2) is 0 Å². The molecule has 0 aromatic heterocycles. The summed E-state index contributed by atoms with van der Waals surface area (Å²) in [6.45, 7) is 8.51. The highest BCUT2D eigenvalue weighted by molar-refractivity contribution is 5.84. The number of hydrogen-bond acceptors (Lipinski definition) is 3. The summed E-state index contributed by atoms with van der Waals surface area (Å²) < 4.78 is 0. The third kappa shape index (κ3) is 2.86. The van der Waals surface area contributed by atoms with Gasteiger partial charge in [0.25, 0.3) is 0 Å². The molecule has 0 saturated carbocycles. The molecule has 3 unspecified atom stereocenters. The van der Waals surface area contributed by atoms with Crippen LogP contribution in [0.4, 0.5) is 0 Å². The highest BCUT2D eigenvalue weighted by Crippen LogP contribution is 2.21. The third-order valence-corrected chi connectivity index (χ3v) is 4.28. The monoisotopic (exact) mass is 253 g/mol. The topological polar surface area (TPSA) is 35.6 Å². The molecule has 2 rings (SSSR count). The van der Waals surface area contributed by atoms with Gasteiger partial charge in [0, 0.05) is 12.6 Å². The Bertz CT molecular complexity index is 305. The van der Waals surface area contributed by atoms with Crippen molar-refractivity contribution in [2.45, 2.75) is 58.3 Å². The van der Waals surface area contributed by atoms with E-state index in [0.717, 1.165) is 13.0 Å². The van der Waals surface area contributed by atoms with Gasteiger partial charge in [0.05, 0.1) is 12.2 Å². The van der Waals surface area contributed by atoms with E-state index in [1.807, 2.05) is 4.90 Å². The zero-order chi connectivity index (χ0) is 13.3. The second-order valence-electron chi connectivity index (χ2n) is 6.29. The normalized spacial score (nSPS) is 33.9. The molecule has 0 radical (unpaired) electrons. The highest BCUT2D eigenvalue weighted by atomic mass is 16.2. The Morgan fingerprint density at radius 2 is 2.17 bits per heavy atom. The predicted octanol–water partition coefficient (Wildman–Crippen LogP) is 1.27. The summed E-state index contributed by atoms with van der Waals surface area (Å²) in [5.74, 6) is 0.865. The Morgan fingerprint density at radius 3 is 2.72 bits per heavy atom. The van der Waals surface area contributed by atoms with Crippen LogP contribution in [0.1, 0.15) is 40.0 Å². The molecule has 2 aliphatic rings. The van der Waals surface area contributed by atoms with Crippen molar-refractivity contribution >= 4 is 5.91 Å². The number of hydrogen-bond donors (Lipinski definition) is 1. The summed E-state index contributed by atoms with van der Waals surface area (Å²) in [6.07, 6.45) is 3.62. The summed E-state index contributed by atoms with van der Waals surface area (Å²) >= 11 is 0. The maximum Gasteiger partial charge on any atom is 0.241 e. The Labute approximate surface area is 111 Å². The summed E-state index contributed by atoms with van der Waals surface area (Å²) in [5, 5.41) is 3.43. The van der Waals surface area contributed by atoms with Crippen LogP contribution in [0.3, 0.4) is 0 Å². The molecule has 3 atom stereocenters. The van der Waals surface area contributed by atoms with Crippen LogP contribution in [-0.4, -0.2) is 54.1 Å². The summed E-state index contributed by atoms with van der Waals surface area (Å²) in [6, 6.07) is 0.586. The van der Waals surface area contributed by atoms with Crippen LogP contribution in [0.5, 0.6) is 0 Å². The fraction of sp³-hybridized carbons (Fsp3) is 0.929. The molecule has 2 aliphatic heterocycles. The van der Waals surface area contributed by atoms with E-state index in [2.05, 4.69) is 38.0 Å². The molecule has 18 heavy (non-hydrogen) atoms. The van der Waals surface area contributed by atoms with E-state index in [1.165, 1.54) is 19.4 Å².